The van der Waals surface area contributed by atoms with E-state index in [2.05, 4.69) is 57.3 Å². The summed E-state index contributed by atoms with van der Waals surface area (Å²) in [5.41, 5.74) is 2.36. The van der Waals surface area contributed by atoms with Crippen LogP contribution < -0.4 is 0 Å². The Morgan fingerprint density at radius 2 is 2.29 bits per heavy atom. The average molecular weight is 418 g/mol. The molecule has 2 heterocycles. The van der Waals surface area contributed by atoms with E-state index in [1.54, 1.807) is 0 Å². The number of aromatic nitrogens is 2. The van der Waals surface area contributed by atoms with Gasteiger partial charge < -0.3 is 9.47 Å². The number of imidazole rings is 1. The molecule has 114 valence electrons. The van der Waals surface area contributed by atoms with E-state index < -0.39 is 0 Å². The Hall–Kier alpha value is -0.330. The van der Waals surface area contributed by atoms with Crippen molar-refractivity contribution in [2.75, 3.05) is 26.0 Å². The lowest BCUT2D eigenvalue weighted by molar-refractivity contribution is 0.194. The molecule has 1 aliphatic heterocycles. The van der Waals surface area contributed by atoms with Crippen LogP contribution in [0.5, 0.6) is 0 Å². The third kappa shape index (κ3) is 3.54. The van der Waals surface area contributed by atoms with Crippen LogP contribution in [-0.4, -0.2) is 40.5 Å². The van der Waals surface area contributed by atoms with Crippen molar-refractivity contribution in [1.29, 1.82) is 0 Å². The molecule has 0 amide bonds. The molecular weight excluding hydrogens is 397 g/mol. The van der Waals surface area contributed by atoms with Gasteiger partial charge in [-0.05, 0) is 73.1 Å². The second kappa shape index (κ2) is 6.84. The SMILES string of the molecule is CN1CCCC(Cn2c(CCCl)nc3cc(I)ccc32)C1. The van der Waals surface area contributed by atoms with Gasteiger partial charge in [-0.1, -0.05) is 0 Å². The topological polar surface area (TPSA) is 21.1 Å². The van der Waals surface area contributed by atoms with Crippen LogP contribution in [0.25, 0.3) is 11.0 Å². The molecule has 1 aliphatic rings. The Labute approximate surface area is 144 Å². The van der Waals surface area contributed by atoms with E-state index in [0.717, 1.165) is 30.2 Å². The monoisotopic (exact) mass is 417 g/mol. The van der Waals surface area contributed by atoms with Gasteiger partial charge in [0, 0.05) is 29.0 Å². The van der Waals surface area contributed by atoms with Crippen molar-refractivity contribution >= 4 is 45.2 Å². The number of halogens is 2. The molecule has 1 aromatic heterocycles. The number of aryl methyl sites for hydroxylation is 1. The standard InChI is InChI=1S/C16H21ClIN3/c1-20-8-2-3-12(10-20)11-21-15-5-4-13(18)9-14(15)19-16(21)6-7-17/h4-5,9,12H,2-3,6-8,10-11H2,1H3. The Morgan fingerprint density at radius 1 is 1.43 bits per heavy atom. The Bertz CT molecular complexity index is 625. The molecule has 1 unspecified atom stereocenters. The van der Waals surface area contributed by atoms with E-state index in [9.17, 15) is 0 Å². The molecule has 1 fully saturated rings. The van der Waals surface area contributed by atoms with Crippen molar-refractivity contribution in [3.63, 3.8) is 0 Å². The van der Waals surface area contributed by atoms with Crippen LogP contribution in [0.1, 0.15) is 18.7 Å². The number of likely N-dealkylation sites (tertiary alicyclic amines) is 1. The number of fused-ring (bicyclic) bond motifs is 1. The number of hydrogen-bond acceptors (Lipinski definition) is 2. The molecule has 1 atom stereocenters. The molecule has 1 aromatic carbocycles. The van der Waals surface area contributed by atoms with Crippen molar-refractivity contribution < 1.29 is 0 Å². The van der Waals surface area contributed by atoms with Crippen LogP contribution >= 0.6 is 34.2 Å². The summed E-state index contributed by atoms with van der Waals surface area (Å²) in [4.78, 5) is 7.25. The van der Waals surface area contributed by atoms with Gasteiger partial charge in [0.2, 0.25) is 0 Å². The highest BCUT2D eigenvalue weighted by molar-refractivity contribution is 14.1. The van der Waals surface area contributed by atoms with Gasteiger partial charge in [0.05, 0.1) is 11.0 Å². The van der Waals surface area contributed by atoms with Crippen LogP contribution in [0.15, 0.2) is 18.2 Å². The highest BCUT2D eigenvalue weighted by Gasteiger charge is 2.20. The normalized spacial score (nSPS) is 20.2. The van der Waals surface area contributed by atoms with E-state index in [0.29, 0.717) is 5.88 Å². The molecular formula is C16H21ClIN3. The quantitative estimate of drug-likeness (QED) is 0.558. The molecule has 5 heteroatoms. The second-order valence-electron chi connectivity index (χ2n) is 5.98. The van der Waals surface area contributed by atoms with Gasteiger partial charge in [0.1, 0.15) is 5.82 Å². The lowest BCUT2D eigenvalue weighted by atomic mass is 9.98. The largest absolute Gasteiger partial charge is 0.328 e. The van der Waals surface area contributed by atoms with Gasteiger partial charge in [-0.15, -0.1) is 11.6 Å². The van der Waals surface area contributed by atoms with Crippen molar-refractivity contribution in [1.82, 2.24) is 14.5 Å². The van der Waals surface area contributed by atoms with Crippen molar-refractivity contribution in [2.45, 2.75) is 25.8 Å². The predicted octanol–water partition coefficient (Wildman–Crippen LogP) is 3.76. The maximum absolute atomic E-state index is 5.97. The maximum atomic E-state index is 5.97. The maximum Gasteiger partial charge on any atom is 0.111 e. The molecule has 0 saturated carbocycles. The summed E-state index contributed by atoms with van der Waals surface area (Å²) in [6.45, 7) is 3.48. The van der Waals surface area contributed by atoms with Crippen LogP contribution in [0.4, 0.5) is 0 Å². The van der Waals surface area contributed by atoms with Crippen molar-refractivity contribution in [2.24, 2.45) is 5.92 Å². The Kier molecular flexibility index (Phi) is 5.07. The van der Waals surface area contributed by atoms with Gasteiger partial charge >= 0.3 is 0 Å². The molecule has 1 saturated heterocycles. The average Bonchev–Trinajstić information content (AvgIpc) is 2.76. The van der Waals surface area contributed by atoms with Gasteiger partial charge in [0.15, 0.2) is 0 Å². The number of rotatable bonds is 4. The fourth-order valence-electron chi connectivity index (χ4n) is 3.31. The molecule has 0 spiro atoms. The number of nitrogens with zero attached hydrogens (tertiary/aromatic N) is 3. The first-order chi connectivity index (χ1) is 10.2. The zero-order chi connectivity index (χ0) is 14.8. The lowest BCUT2D eigenvalue weighted by Crippen LogP contribution is -2.34. The fraction of sp³-hybridized carbons (Fsp3) is 0.562. The first kappa shape index (κ1) is 15.6. The van der Waals surface area contributed by atoms with Gasteiger partial charge in [0.25, 0.3) is 0 Å². The molecule has 0 bridgehead atoms. The number of hydrogen-bond donors (Lipinski definition) is 0. The summed E-state index contributed by atoms with van der Waals surface area (Å²) in [5.74, 6) is 2.48. The van der Waals surface area contributed by atoms with Gasteiger partial charge in [-0.2, -0.15) is 0 Å². The molecule has 3 rings (SSSR count). The second-order valence-corrected chi connectivity index (χ2v) is 7.60. The van der Waals surface area contributed by atoms with Crippen LogP contribution in [0.2, 0.25) is 0 Å². The van der Waals surface area contributed by atoms with Gasteiger partial charge in [-0.25, -0.2) is 4.98 Å². The molecule has 0 aliphatic carbocycles. The van der Waals surface area contributed by atoms with E-state index in [4.69, 9.17) is 16.6 Å². The minimum atomic E-state index is 0.630. The number of alkyl halides is 1. The van der Waals surface area contributed by atoms with Crippen LogP contribution in [-0.2, 0) is 13.0 Å². The zero-order valence-corrected chi connectivity index (χ0v) is 15.3. The zero-order valence-electron chi connectivity index (χ0n) is 12.4. The summed E-state index contributed by atoms with van der Waals surface area (Å²) in [6.07, 6.45) is 3.46. The van der Waals surface area contributed by atoms with E-state index in [-0.39, 0.29) is 0 Å². The lowest BCUT2D eigenvalue weighted by Gasteiger charge is -2.30. The first-order valence-electron chi connectivity index (χ1n) is 7.56. The molecule has 2 aromatic rings. The summed E-state index contributed by atoms with van der Waals surface area (Å²) in [7, 11) is 2.22. The Balaban J connectivity index is 1.93. The molecule has 0 radical (unpaired) electrons. The highest BCUT2D eigenvalue weighted by Crippen LogP contribution is 2.24. The Morgan fingerprint density at radius 3 is 3.05 bits per heavy atom. The minimum Gasteiger partial charge on any atom is -0.328 e. The van der Waals surface area contributed by atoms with E-state index >= 15 is 0 Å². The van der Waals surface area contributed by atoms with Crippen LogP contribution in [0.3, 0.4) is 0 Å². The van der Waals surface area contributed by atoms with E-state index in [1.165, 1.54) is 35.0 Å². The molecule has 3 nitrogen and oxygen atoms in total. The smallest absolute Gasteiger partial charge is 0.111 e. The van der Waals surface area contributed by atoms with Gasteiger partial charge in [-0.3, -0.25) is 0 Å². The predicted molar refractivity (Wildman–Crippen MR) is 97.1 cm³/mol. The summed E-state index contributed by atoms with van der Waals surface area (Å²) >= 11 is 8.32. The van der Waals surface area contributed by atoms with E-state index in [1.807, 2.05) is 0 Å². The number of piperidine rings is 1. The third-order valence-electron chi connectivity index (χ3n) is 4.27. The molecule has 21 heavy (non-hydrogen) atoms. The summed E-state index contributed by atoms with van der Waals surface area (Å²) < 4.78 is 3.64. The van der Waals surface area contributed by atoms with Crippen molar-refractivity contribution in [3.05, 3.63) is 27.6 Å². The van der Waals surface area contributed by atoms with Crippen LogP contribution in [0, 0.1) is 9.49 Å². The number of benzene rings is 1. The summed E-state index contributed by atoms with van der Waals surface area (Å²) in [6, 6.07) is 6.53. The summed E-state index contributed by atoms with van der Waals surface area (Å²) in [5, 5.41) is 0. The molecule has 0 N–H and O–H groups in total. The fourth-order valence-corrected chi connectivity index (χ4v) is 3.96. The van der Waals surface area contributed by atoms with Crippen molar-refractivity contribution in [3.8, 4) is 0 Å². The third-order valence-corrected chi connectivity index (χ3v) is 5.13. The minimum absolute atomic E-state index is 0.630. The first-order valence-corrected chi connectivity index (χ1v) is 9.18. The highest BCUT2D eigenvalue weighted by atomic mass is 127.